The summed E-state index contributed by atoms with van der Waals surface area (Å²) in [6.07, 6.45) is 0.108. The van der Waals surface area contributed by atoms with Crippen LogP contribution in [0.25, 0.3) is 16.9 Å². The van der Waals surface area contributed by atoms with Crippen LogP contribution in [0.2, 0.25) is 5.02 Å². The smallest absolute Gasteiger partial charge is 0.280 e. The van der Waals surface area contributed by atoms with Crippen LogP contribution >= 0.6 is 11.6 Å². The number of carbonyl (C=O) groups is 1. The first-order valence-corrected chi connectivity index (χ1v) is 9.58. The summed E-state index contributed by atoms with van der Waals surface area (Å²) in [5.41, 5.74) is 1.29. The largest absolute Gasteiger partial charge is 0.346 e. The molecule has 0 bridgehead atoms. The van der Waals surface area contributed by atoms with Crippen LogP contribution < -0.4 is 5.32 Å². The zero-order valence-electron chi connectivity index (χ0n) is 15.9. The number of amides is 1. The first kappa shape index (κ1) is 20.0. The van der Waals surface area contributed by atoms with E-state index in [2.05, 4.69) is 20.5 Å². The molecule has 0 aliphatic carbocycles. The van der Waals surface area contributed by atoms with Crippen LogP contribution in [0.4, 0.5) is 8.78 Å². The van der Waals surface area contributed by atoms with Gasteiger partial charge in [0.2, 0.25) is 0 Å². The van der Waals surface area contributed by atoms with Crippen molar-refractivity contribution in [1.29, 1.82) is 0 Å². The molecule has 3 heterocycles. The monoisotopic (exact) mass is 430 g/mol. The van der Waals surface area contributed by atoms with Gasteiger partial charge in [0.15, 0.2) is 5.65 Å². The Hall–Kier alpha value is -3.33. The van der Waals surface area contributed by atoms with Gasteiger partial charge in [0, 0.05) is 18.3 Å². The van der Waals surface area contributed by atoms with Crippen molar-refractivity contribution < 1.29 is 13.6 Å². The third-order valence-corrected chi connectivity index (χ3v) is 4.88. The molecule has 7 nitrogen and oxygen atoms in total. The predicted octanol–water partition coefficient (Wildman–Crippen LogP) is 4.13. The van der Waals surface area contributed by atoms with E-state index in [4.69, 9.17) is 11.6 Å². The van der Waals surface area contributed by atoms with Crippen LogP contribution in [0, 0.1) is 0 Å². The molecule has 0 aliphatic rings. The average molecular weight is 431 g/mol. The van der Waals surface area contributed by atoms with E-state index in [-0.39, 0.29) is 23.4 Å². The highest BCUT2D eigenvalue weighted by atomic mass is 35.5. The van der Waals surface area contributed by atoms with Crippen molar-refractivity contribution in [1.82, 2.24) is 29.7 Å². The fourth-order valence-corrected chi connectivity index (χ4v) is 3.25. The number of hydrogen-bond donors (Lipinski definition) is 1. The van der Waals surface area contributed by atoms with Crippen LogP contribution in [0.1, 0.15) is 35.1 Å². The zero-order valence-corrected chi connectivity index (χ0v) is 16.6. The molecule has 1 aromatic carbocycles. The molecule has 0 unspecified atom stereocenters. The minimum absolute atomic E-state index is 0.0503. The quantitative estimate of drug-likeness (QED) is 0.499. The van der Waals surface area contributed by atoms with Gasteiger partial charge in [-0.1, -0.05) is 41.9 Å². The summed E-state index contributed by atoms with van der Waals surface area (Å²) < 4.78 is 29.9. The maximum absolute atomic E-state index is 13.6. The second-order valence-electron chi connectivity index (χ2n) is 6.49. The molecular formula is C20H17ClF2N6O. The van der Waals surface area contributed by atoms with Crippen LogP contribution in [-0.4, -0.2) is 30.3 Å². The van der Waals surface area contributed by atoms with Gasteiger partial charge in [-0.3, -0.25) is 9.48 Å². The Morgan fingerprint density at radius 3 is 2.70 bits per heavy atom. The Kier molecular flexibility index (Phi) is 5.45. The normalized spacial score (nSPS) is 11.4. The second kappa shape index (κ2) is 8.19. The van der Waals surface area contributed by atoms with E-state index in [1.165, 1.54) is 12.3 Å². The van der Waals surface area contributed by atoms with E-state index in [9.17, 15) is 13.6 Å². The van der Waals surface area contributed by atoms with Crippen molar-refractivity contribution in [3.63, 3.8) is 0 Å². The minimum atomic E-state index is -2.79. The Balaban J connectivity index is 1.69. The van der Waals surface area contributed by atoms with Gasteiger partial charge in [-0.25, -0.2) is 18.3 Å². The van der Waals surface area contributed by atoms with Crippen molar-refractivity contribution in [2.75, 3.05) is 0 Å². The molecule has 1 N–H and O–H groups in total. The lowest BCUT2D eigenvalue weighted by atomic mass is 10.1. The predicted molar refractivity (Wildman–Crippen MR) is 107 cm³/mol. The maximum atomic E-state index is 13.6. The van der Waals surface area contributed by atoms with Gasteiger partial charge in [0.25, 0.3) is 12.3 Å². The van der Waals surface area contributed by atoms with Gasteiger partial charge >= 0.3 is 0 Å². The molecule has 0 saturated carbocycles. The Morgan fingerprint density at radius 1 is 1.27 bits per heavy atom. The van der Waals surface area contributed by atoms with Gasteiger partial charge < -0.3 is 5.32 Å². The highest BCUT2D eigenvalue weighted by Gasteiger charge is 2.22. The molecule has 10 heteroatoms. The number of benzene rings is 1. The van der Waals surface area contributed by atoms with Gasteiger partial charge in [-0.2, -0.15) is 10.2 Å². The van der Waals surface area contributed by atoms with Crippen molar-refractivity contribution in [2.45, 2.75) is 26.4 Å². The lowest BCUT2D eigenvalue weighted by Crippen LogP contribution is -2.23. The van der Waals surface area contributed by atoms with E-state index in [1.54, 1.807) is 35.1 Å². The van der Waals surface area contributed by atoms with E-state index in [0.29, 0.717) is 28.5 Å². The number of alkyl halides is 2. The summed E-state index contributed by atoms with van der Waals surface area (Å²) in [6, 6.07) is 10.2. The number of nitrogens with zero attached hydrogens (tertiary/aromatic N) is 5. The Morgan fingerprint density at radius 2 is 2.03 bits per heavy atom. The van der Waals surface area contributed by atoms with Gasteiger partial charge in [0.1, 0.15) is 17.0 Å². The summed E-state index contributed by atoms with van der Waals surface area (Å²) in [7, 11) is 0. The van der Waals surface area contributed by atoms with E-state index in [1.807, 2.05) is 13.0 Å². The average Bonchev–Trinajstić information content (AvgIpc) is 3.35. The van der Waals surface area contributed by atoms with Crippen molar-refractivity contribution in [2.24, 2.45) is 0 Å². The topological polar surface area (TPSA) is 77.1 Å². The van der Waals surface area contributed by atoms with Crippen LogP contribution in [0.5, 0.6) is 0 Å². The van der Waals surface area contributed by atoms with Gasteiger partial charge in [-0.05, 0) is 13.0 Å². The molecule has 0 aliphatic heterocycles. The van der Waals surface area contributed by atoms with Crippen LogP contribution in [0.3, 0.4) is 0 Å². The number of rotatable bonds is 6. The molecule has 0 radical (unpaired) electrons. The number of carbonyl (C=O) groups excluding carboxylic acids is 1. The first-order chi connectivity index (χ1) is 14.5. The molecule has 1 amide bonds. The summed E-state index contributed by atoms with van der Waals surface area (Å²) in [4.78, 5) is 17.2. The number of nitrogens with one attached hydrogen (secondary N) is 1. The fraction of sp³-hybridized carbons (Fsp3) is 0.200. The minimum Gasteiger partial charge on any atom is -0.346 e. The molecule has 0 saturated heterocycles. The maximum Gasteiger partial charge on any atom is 0.280 e. The molecular weight excluding hydrogens is 414 g/mol. The van der Waals surface area contributed by atoms with Gasteiger partial charge in [0.05, 0.1) is 23.5 Å². The molecule has 4 rings (SSSR count). The SMILES string of the molecule is CCn1cc(Cl)c(CNC(=O)c2cnn3c(C(F)F)cc(-c4ccccc4)nc23)n1. The highest BCUT2D eigenvalue weighted by Crippen LogP contribution is 2.26. The molecule has 0 spiro atoms. The molecule has 3 aromatic heterocycles. The Labute approximate surface area is 175 Å². The summed E-state index contributed by atoms with van der Waals surface area (Å²) >= 11 is 6.12. The van der Waals surface area contributed by atoms with Crippen molar-refractivity contribution in [3.8, 4) is 11.3 Å². The van der Waals surface area contributed by atoms with E-state index >= 15 is 0 Å². The fourth-order valence-electron chi connectivity index (χ4n) is 3.04. The van der Waals surface area contributed by atoms with E-state index in [0.717, 1.165) is 4.52 Å². The first-order valence-electron chi connectivity index (χ1n) is 9.20. The number of hydrogen-bond acceptors (Lipinski definition) is 4. The lowest BCUT2D eigenvalue weighted by Gasteiger charge is -2.08. The lowest BCUT2D eigenvalue weighted by molar-refractivity contribution is 0.0951. The zero-order chi connectivity index (χ0) is 21.3. The highest BCUT2D eigenvalue weighted by molar-refractivity contribution is 6.31. The number of halogens is 3. The van der Waals surface area contributed by atoms with Crippen molar-refractivity contribution >= 4 is 23.2 Å². The van der Waals surface area contributed by atoms with Crippen LogP contribution in [-0.2, 0) is 13.1 Å². The molecule has 4 aromatic rings. The third-order valence-electron chi connectivity index (χ3n) is 4.56. The van der Waals surface area contributed by atoms with E-state index < -0.39 is 12.3 Å². The van der Waals surface area contributed by atoms with Gasteiger partial charge in [-0.15, -0.1) is 0 Å². The van der Waals surface area contributed by atoms with Crippen LogP contribution in [0.15, 0.2) is 48.8 Å². The number of aromatic nitrogens is 5. The third kappa shape index (κ3) is 3.76. The molecule has 0 atom stereocenters. The number of fused-ring (bicyclic) bond motifs is 1. The molecule has 154 valence electrons. The molecule has 0 fully saturated rings. The van der Waals surface area contributed by atoms with Crippen molar-refractivity contribution in [3.05, 3.63) is 70.8 Å². The standard InChI is InChI=1S/C20H17ClF2N6O/c1-2-28-11-14(21)16(27-28)10-24-20(30)13-9-25-29-17(18(22)23)8-15(26-19(13)29)12-6-4-3-5-7-12/h3-9,11,18H,2,10H2,1H3,(H,24,30). The number of aryl methyl sites for hydroxylation is 1. The summed E-state index contributed by atoms with van der Waals surface area (Å²) in [6.45, 7) is 2.65. The summed E-state index contributed by atoms with van der Waals surface area (Å²) in [5.74, 6) is -0.509. The second-order valence-corrected chi connectivity index (χ2v) is 6.90. The summed E-state index contributed by atoms with van der Waals surface area (Å²) in [5, 5.41) is 11.4. The molecule has 30 heavy (non-hydrogen) atoms. The Bertz CT molecular complexity index is 1200.